The maximum Gasteiger partial charge on any atom is 0.227 e. The first-order chi connectivity index (χ1) is 12.9. The second-order valence-electron chi connectivity index (χ2n) is 6.91. The summed E-state index contributed by atoms with van der Waals surface area (Å²) in [5.41, 5.74) is 1.57. The van der Waals surface area contributed by atoms with Crippen LogP contribution in [-0.2, 0) is 16.1 Å². The highest BCUT2D eigenvalue weighted by atomic mass is 19.1. The maximum atomic E-state index is 12.9. The minimum absolute atomic E-state index is 0.0746. The average Bonchev–Trinajstić information content (AvgIpc) is 3.03. The number of anilines is 1. The minimum atomic E-state index is -0.399. The van der Waals surface area contributed by atoms with Gasteiger partial charge in [-0.15, -0.1) is 0 Å². The fourth-order valence-corrected chi connectivity index (χ4v) is 3.05. The Morgan fingerprint density at radius 1 is 1.19 bits per heavy atom. The third kappa shape index (κ3) is 4.84. The van der Waals surface area contributed by atoms with Crippen molar-refractivity contribution in [2.75, 3.05) is 11.4 Å². The van der Waals surface area contributed by atoms with Crippen LogP contribution < -0.4 is 15.0 Å². The summed E-state index contributed by atoms with van der Waals surface area (Å²) < 4.78 is 18.5. The van der Waals surface area contributed by atoms with Crippen LogP contribution in [-0.4, -0.2) is 24.5 Å². The molecule has 1 N–H and O–H groups in total. The second-order valence-corrected chi connectivity index (χ2v) is 6.91. The van der Waals surface area contributed by atoms with Gasteiger partial charge in [-0.2, -0.15) is 0 Å². The topological polar surface area (TPSA) is 58.6 Å². The number of hydrogen-bond acceptors (Lipinski definition) is 3. The van der Waals surface area contributed by atoms with E-state index in [4.69, 9.17) is 4.74 Å². The van der Waals surface area contributed by atoms with Crippen molar-refractivity contribution >= 4 is 17.5 Å². The van der Waals surface area contributed by atoms with Gasteiger partial charge >= 0.3 is 0 Å². The van der Waals surface area contributed by atoms with E-state index in [1.54, 1.807) is 17.0 Å². The number of carbonyl (C=O) groups excluding carboxylic acids is 2. The predicted molar refractivity (Wildman–Crippen MR) is 101 cm³/mol. The summed E-state index contributed by atoms with van der Waals surface area (Å²) in [4.78, 5) is 26.4. The first kappa shape index (κ1) is 18.9. The molecule has 2 amide bonds. The van der Waals surface area contributed by atoms with E-state index >= 15 is 0 Å². The van der Waals surface area contributed by atoms with Gasteiger partial charge in [0, 0.05) is 25.2 Å². The summed E-state index contributed by atoms with van der Waals surface area (Å²) in [6.45, 7) is 4.56. The van der Waals surface area contributed by atoms with Crippen LogP contribution in [0.5, 0.6) is 5.75 Å². The summed E-state index contributed by atoms with van der Waals surface area (Å²) in [5, 5.41) is 2.82. The molecular weight excluding hydrogens is 347 g/mol. The lowest BCUT2D eigenvalue weighted by molar-refractivity contribution is -0.126. The number of halogens is 1. The number of nitrogens with zero attached hydrogens (tertiary/aromatic N) is 1. The smallest absolute Gasteiger partial charge is 0.227 e. The second kappa shape index (κ2) is 8.20. The highest BCUT2D eigenvalue weighted by Gasteiger charge is 2.35. The molecule has 6 heteroatoms. The quantitative estimate of drug-likeness (QED) is 0.849. The van der Waals surface area contributed by atoms with E-state index in [-0.39, 0.29) is 30.2 Å². The van der Waals surface area contributed by atoms with Crippen molar-refractivity contribution in [2.45, 2.75) is 32.9 Å². The van der Waals surface area contributed by atoms with Gasteiger partial charge in [-0.05, 0) is 55.8 Å². The van der Waals surface area contributed by atoms with Crippen LogP contribution in [0.3, 0.4) is 0 Å². The zero-order valence-electron chi connectivity index (χ0n) is 15.4. The van der Waals surface area contributed by atoms with E-state index in [2.05, 4.69) is 5.32 Å². The van der Waals surface area contributed by atoms with Crippen LogP contribution in [0.4, 0.5) is 10.1 Å². The first-order valence-electron chi connectivity index (χ1n) is 9.01. The van der Waals surface area contributed by atoms with Crippen molar-refractivity contribution in [1.82, 2.24) is 5.32 Å². The van der Waals surface area contributed by atoms with Crippen molar-refractivity contribution in [2.24, 2.45) is 5.92 Å². The molecule has 1 aliphatic heterocycles. The Morgan fingerprint density at radius 2 is 1.85 bits per heavy atom. The van der Waals surface area contributed by atoms with E-state index < -0.39 is 5.92 Å². The molecule has 0 saturated carbocycles. The van der Waals surface area contributed by atoms with Crippen LogP contribution in [0.25, 0.3) is 0 Å². The molecule has 2 aromatic carbocycles. The van der Waals surface area contributed by atoms with Crippen molar-refractivity contribution in [3.8, 4) is 5.75 Å². The van der Waals surface area contributed by atoms with Crippen molar-refractivity contribution in [3.05, 3.63) is 59.9 Å². The Balaban J connectivity index is 1.57. The Morgan fingerprint density at radius 3 is 2.48 bits per heavy atom. The molecule has 0 aliphatic carbocycles. The van der Waals surface area contributed by atoms with E-state index in [0.717, 1.165) is 17.0 Å². The highest BCUT2D eigenvalue weighted by molar-refractivity contribution is 6.00. The lowest BCUT2D eigenvalue weighted by Crippen LogP contribution is -2.32. The third-order valence-corrected chi connectivity index (χ3v) is 4.40. The molecule has 1 atom stereocenters. The van der Waals surface area contributed by atoms with Crippen LogP contribution in [0.2, 0.25) is 0 Å². The largest absolute Gasteiger partial charge is 0.491 e. The average molecular weight is 370 g/mol. The Hall–Kier alpha value is -2.89. The fourth-order valence-electron chi connectivity index (χ4n) is 3.05. The summed E-state index contributed by atoms with van der Waals surface area (Å²) in [7, 11) is 0. The van der Waals surface area contributed by atoms with Crippen molar-refractivity contribution in [1.29, 1.82) is 0 Å². The van der Waals surface area contributed by atoms with E-state index in [0.29, 0.717) is 13.1 Å². The van der Waals surface area contributed by atoms with Gasteiger partial charge in [-0.25, -0.2) is 4.39 Å². The zero-order chi connectivity index (χ0) is 19.4. The molecule has 0 radical (unpaired) electrons. The minimum Gasteiger partial charge on any atom is -0.491 e. The standard InChI is InChI=1S/C21H23FN2O3/c1-14(2)27-19-9-7-18(8-10-19)24-13-16(11-20(24)25)21(26)23-12-15-3-5-17(22)6-4-15/h3-10,14,16H,11-13H2,1-2H3,(H,23,26)/t16-/m0/s1. The molecule has 0 spiro atoms. The van der Waals surface area contributed by atoms with E-state index in [9.17, 15) is 14.0 Å². The van der Waals surface area contributed by atoms with Gasteiger partial charge in [-0.1, -0.05) is 12.1 Å². The molecule has 2 aromatic rings. The molecule has 1 heterocycles. The van der Waals surface area contributed by atoms with Gasteiger partial charge < -0.3 is 15.0 Å². The monoisotopic (exact) mass is 370 g/mol. The molecule has 0 aromatic heterocycles. The zero-order valence-corrected chi connectivity index (χ0v) is 15.4. The van der Waals surface area contributed by atoms with Gasteiger partial charge in [0.05, 0.1) is 12.0 Å². The SMILES string of the molecule is CC(C)Oc1ccc(N2C[C@@H](C(=O)NCc3ccc(F)cc3)CC2=O)cc1. The molecular formula is C21H23FN2O3. The number of carbonyl (C=O) groups is 2. The molecule has 3 rings (SSSR count). The van der Waals surface area contributed by atoms with Gasteiger partial charge in [0.1, 0.15) is 11.6 Å². The summed E-state index contributed by atoms with van der Waals surface area (Å²) in [5.74, 6) is -0.213. The summed E-state index contributed by atoms with van der Waals surface area (Å²) >= 11 is 0. The van der Waals surface area contributed by atoms with E-state index in [1.165, 1.54) is 12.1 Å². The van der Waals surface area contributed by atoms with Crippen LogP contribution in [0, 0.1) is 11.7 Å². The number of nitrogens with one attached hydrogen (secondary N) is 1. The molecule has 0 bridgehead atoms. The summed E-state index contributed by atoms with van der Waals surface area (Å²) in [6.07, 6.45) is 0.262. The van der Waals surface area contributed by atoms with Crippen LogP contribution in [0.15, 0.2) is 48.5 Å². The third-order valence-electron chi connectivity index (χ3n) is 4.40. The van der Waals surface area contributed by atoms with Crippen molar-refractivity contribution < 1.29 is 18.7 Å². The number of hydrogen-bond donors (Lipinski definition) is 1. The number of amides is 2. The molecule has 1 fully saturated rings. The Labute approximate surface area is 158 Å². The fraction of sp³-hybridized carbons (Fsp3) is 0.333. The van der Waals surface area contributed by atoms with Crippen LogP contribution >= 0.6 is 0 Å². The van der Waals surface area contributed by atoms with Gasteiger partial charge in [0.2, 0.25) is 11.8 Å². The summed E-state index contributed by atoms with van der Waals surface area (Å²) in [6, 6.07) is 13.3. The lowest BCUT2D eigenvalue weighted by atomic mass is 10.1. The van der Waals surface area contributed by atoms with Crippen LogP contribution in [0.1, 0.15) is 25.8 Å². The normalized spacial score (nSPS) is 16.7. The number of rotatable bonds is 6. The highest BCUT2D eigenvalue weighted by Crippen LogP contribution is 2.27. The van der Waals surface area contributed by atoms with Gasteiger partial charge in [-0.3, -0.25) is 9.59 Å². The first-order valence-corrected chi connectivity index (χ1v) is 9.01. The predicted octanol–water partition coefficient (Wildman–Crippen LogP) is 3.28. The Bertz CT molecular complexity index is 803. The molecule has 1 aliphatic rings. The lowest BCUT2D eigenvalue weighted by Gasteiger charge is -2.18. The number of benzene rings is 2. The van der Waals surface area contributed by atoms with Crippen molar-refractivity contribution in [3.63, 3.8) is 0 Å². The Kier molecular flexibility index (Phi) is 5.74. The van der Waals surface area contributed by atoms with E-state index in [1.807, 2.05) is 38.1 Å². The molecule has 27 heavy (non-hydrogen) atoms. The molecule has 142 valence electrons. The molecule has 0 unspecified atom stereocenters. The molecule has 1 saturated heterocycles. The molecule has 5 nitrogen and oxygen atoms in total. The van der Waals surface area contributed by atoms with Gasteiger partial charge in [0.15, 0.2) is 0 Å². The number of ether oxygens (including phenoxy) is 1. The van der Waals surface area contributed by atoms with Gasteiger partial charge in [0.25, 0.3) is 0 Å². The maximum absolute atomic E-state index is 12.9.